The molecule has 0 radical (unpaired) electrons. The van der Waals surface area contributed by atoms with Crippen molar-refractivity contribution in [1.29, 1.82) is 0 Å². The highest BCUT2D eigenvalue weighted by molar-refractivity contribution is 7.98. The molecule has 37 heavy (non-hydrogen) atoms. The summed E-state index contributed by atoms with van der Waals surface area (Å²) in [5.74, 6) is -1.05. The van der Waals surface area contributed by atoms with Crippen LogP contribution in [-0.2, 0) is 0 Å². The van der Waals surface area contributed by atoms with Crippen LogP contribution in [0, 0.1) is 18.6 Å². The van der Waals surface area contributed by atoms with Crippen LogP contribution >= 0.6 is 11.8 Å². The van der Waals surface area contributed by atoms with Crippen molar-refractivity contribution in [3.63, 3.8) is 0 Å². The molecule has 3 aromatic heterocycles. The number of pyridine rings is 1. The number of rotatable bonds is 6. The fourth-order valence-corrected chi connectivity index (χ4v) is 4.36. The van der Waals surface area contributed by atoms with E-state index in [0.717, 1.165) is 0 Å². The first-order valence-electron chi connectivity index (χ1n) is 11.2. The second-order valence-electron chi connectivity index (χ2n) is 8.11. The fraction of sp³-hybridized carbons (Fsp3) is 0.115. The lowest BCUT2D eigenvalue weighted by Crippen LogP contribution is -2.14. The molecule has 0 saturated carbocycles. The van der Waals surface area contributed by atoms with Gasteiger partial charge in [0.2, 0.25) is 5.95 Å². The molecule has 0 fully saturated rings. The van der Waals surface area contributed by atoms with Gasteiger partial charge in [-0.3, -0.25) is 4.79 Å². The fourth-order valence-electron chi connectivity index (χ4n) is 3.81. The lowest BCUT2D eigenvalue weighted by Gasteiger charge is -2.11. The van der Waals surface area contributed by atoms with E-state index in [0.29, 0.717) is 44.5 Å². The summed E-state index contributed by atoms with van der Waals surface area (Å²) in [4.78, 5) is 26.2. The summed E-state index contributed by atoms with van der Waals surface area (Å²) in [5.41, 5.74) is 3.83. The number of hydrogen-bond acceptors (Lipinski definition) is 7. The first-order chi connectivity index (χ1) is 17.9. The lowest BCUT2D eigenvalue weighted by molar-refractivity contribution is 0.102. The Kier molecular flexibility index (Phi) is 6.53. The van der Waals surface area contributed by atoms with Crippen molar-refractivity contribution >= 4 is 40.3 Å². The molecule has 11 heteroatoms. The van der Waals surface area contributed by atoms with Gasteiger partial charge < -0.3 is 10.6 Å². The minimum Gasteiger partial charge on any atom is -0.357 e. The van der Waals surface area contributed by atoms with Crippen LogP contribution in [0.25, 0.3) is 28.0 Å². The zero-order valence-corrected chi connectivity index (χ0v) is 20.9. The topological polar surface area (TPSA) is 97.6 Å². The van der Waals surface area contributed by atoms with Gasteiger partial charge in [0.25, 0.3) is 5.91 Å². The van der Waals surface area contributed by atoms with E-state index in [1.165, 1.54) is 34.6 Å². The third-order valence-electron chi connectivity index (χ3n) is 5.69. The number of benzene rings is 2. The van der Waals surface area contributed by atoms with Crippen molar-refractivity contribution in [3.8, 4) is 16.9 Å². The number of carbonyl (C=O) groups is 1. The highest BCUT2D eigenvalue weighted by Crippen LogP contribution is 2.30. The second kappa shape index (κ2) is 9.94. The molecule has 0 unspecified atom stereocenters. The summed E-state index contributed by atoms with van der Waals surface area (Å²) in [6.07, 6.45) is 3.45. The number of thioether (sulfide) groups is 1. The van der Waals surface area contributed by atoms with Crippen LogP contribution in [-0.4, -0.2) is 43.9 Å². The predicted octanol–water partition coefficient (Wildman–Crippen LogP) is 5.48. The van der Waals surface area contributed by atoms with Crippen LogP contribution in [0.3, 0.4) is 0 Å². The summed E-state index contributed by atoms with van der Waals surface area (Å²) in [5, 5.41) is 10.5. The minimum atomic E-state index is -0.583. The summed E-state index contributed by atoms with van der Waals surface area (Å²) in [6.45, 7) is 1.77. The standard InChI is InChI=1S/C26H21F2N7OS/c1-14-10-18(28)21(11-17(14)19-8-9-20-23(31-19)13-30-26(29-2)33-20)32-25(36)22-12-24(37-3)35(34-22)16-6-4-15(27)5-7-16/h4-13H,1-3H3,(H,32,36)(H,29,30,33). The SMILES string of the molecule is CNc1ncc2nc(-c3cc(NC(=O)c4cc(SC)n(-c5ccc(F)cc5)n4)c(F)cc3C)ccc2n1. The average molecular weight is 518 g/mol. The first kappa shape index (κ1) is 24.3. The molecule has 5 aromatic rings. The van der Waals surface area contributed by atoms with E-state index in [2.05, 4.69) is 30.7 Å². The molecular formula is C26H21F2N7OS. The van der Waals surface area contributed by atoms with Crippen molar-refractivity contribution in [2.24, 2.45) is 0 Å². The molecule has 2 N–H and O–H groups in total. The molecule has 3 heterocycles. The van der Waals surface area contributed by atoms with Crippen molar-refractivity contribution < 1.29 is 13.6 Å². The summed E-state index contributed by atoms with van der Waals surface area (Å²) in [6, 6.07) is 13.9. The number of carbonyl (C=O) groups excluding carboxylic acids is 1. The highest BCUT2D eigenvalue weighted by Gasteiger charge is 2.18. The molecule has 0 aliphatic rings. The van der Waals surface area contributed by atoms with Crippen molar-refractivity contribution in [2.45, 2.75) is 11.9 Å². The van der Waals surface area contributed by atoms with E-state index < -0.39 is 11.7 Å². The maximum atomic E-state index is 14.9. The number of fused-ring (bicyclic) bond motifs is 1. The molecule has 0 spiro atoms. The Morgan fingerprint density at radius 1 is 1.00 bits per heavy atom. The third-order valence-corrected chi connectivity index (χ3v) is 6.40. The Morgan fingerprint density at radius 3 is 2.51 bits per heavy atom. The zero-order chi connectivity index (χ0) is 26.1. The van der Waals surface area contributed by atoms with Gasteiger partial charge in [0, 0.05) is 18.7 Å². The maximum absolute atomic E-state index is 14.9. The monoisotopic (exact) mass is 517 g/mol. The first-order valence-corrected chi connectivity index (χ1v) is 12.4. The van der Waals surface area contributed by atoms with E-state index in [-0.39, 0.29) is 17.2 Å². The minimum absolute atomic E-state index is 0.00342. The van der Waals surface area contributed by atoms with E-state index in [4.69, 9.17) is 0 Å². The Balaban J connectivity index is 1.46. The van der Waals surface area contributed by atoms with Crippen LogP contribution in [0.15, 0.2) is 65.8 Å². The van der Waals surface area contributed by atoms with Gasteiger partial charge >= 0.3 is 0 Å². The van der Waals surface area contributed by atoms with E-state index >= 15 is 0 Å². The lowest BCUT2D eigenvalue weighted by atomic mass is 10.0. The Morgan fingerprint density at radius 2 is 1.78 bits per heavy atom. The van der Waals surface area contributed by atoms with Crippen molar-refractivity contribution in [1.82, 2.24) is 24.7 Å². The van der Waals surface area contributed by atoms with E-state index in [9.17, 15) is 13.6 Å². The number of nitrogens with one attached hydrogen (secondary N) is 2. The zero-order valence-electron chi connectivity index (χ0n) is 20.1. The van der Waals surface area contributed by atoms with Crippen LogP contribution in [0.5, 0.6) is 0 Å². The smallest absolute Gasteiger partial charge is 0.276 e. The molecule has 8 nitrogen and oxygen atoms in total. The third kappa shape index (κ3) is 4.85. The normalized spacial score (nSPS) is 11.1. The van der Waals surface area contributed by atoms with Gasteiger partial charge in [0.05, 0.1) is 28.8 Å². The van der Waals surface area contributed by atoms with Gasteiger partial charge in [-0.1, -0.05) is 0 Å². The van der Waals surface area contributed by atoms with Gasteiger partial charge in [0.15, 0.2) is 5.69 Å². The number of amides is 1. The number of aromatic nitrogens is 5. The number of hydrogen-bond donors (Lipinski definition) is 2. The van der Waals surface area contributed by atoms with Crippen molar-refractivity contribution in [2.75, 3.05) is 23.9 Å². The van der Waals surface area contributed by atoms with Crippen molar-refractivity contribution in [3.05, 3.63) is 83.7 Å². The van der Waals surface area contributed by atoms with Crippen LogP contribution in [0.2, 0.25) is 0 Å². The Bertz CT molecular complexity index is 1640. The number of nitrogens with zero attached hydrogens (tertiary/aromatic N) is 5. The van der Waals surface area contributed by atoms with Gasteiger partial charge in [-0.25, -0.2) is 28.4 Å². The molecular weight excluding hydrogens is 496 g/mol. The van der Waals surface area contributed by atoms with Crippen LogP contribution < -0.4 is 10.6 Å². The molecule has 0 aliphatic heterocycles. The summed E-state index contributed by atoms with van der Waals surface area (Å²) >= 11 is 1.38. The molecule has 1 amide bonds. The number of aryl methyl sites for hydroxylation is 1. The number of halogens is 2. The second-order valence-corrected chi connectivity index (χ2v) is 8.93. The molecule has 0 saturated heterocycles. The van der Waals surface area contributed by atoms with Gasteiger partial charge in [-0.15, -0.1) is 11.8 Å². The molecule has 186 valence electrons. The molecule has 5 rings (SSSR count). The largest absolute Gasteiger partial charge is 0.357 e. The molecule has 0 atom stereocenters. The summed E-state index contributed by atoms with van der Waals surface area (Å²) in [7, 11) is 1.73. The molecule has 0 bridgehead atoms. The maximum Gasteiger partial charge on any atom is 0.276 e. The number of anilines is 2. The van der Waals surface area contributed by atoms with Gasteiger partial charge in [-0.2, -0.15) is 5.10 Å². The van der Waals surface area contributed by atoms with E-state index in [1.807, 2.05) is 12.3 Å². The highest BCUT2D eigenvalue weighted by atomic mass is 32.2. The Labute approximate surface area is 215 Å². The van der Waals surface area contributed by atoms with Gasteiger partial charge in [-0.05, 0) is 67.3 Å². The Hall–Kier alpha value is -4.38. The van der Waals surface area contributed by atoms with Crippen LogP contribution in [0.4, 0.5) is 20.4 Å². The van der Waals surface area contributed by atoms with Gasteiger partial charge in [0.1, 0.15) is 22.2 Å². The quantitative estimate of drug-likeness (QED) is 0.288. The van der Waals surface area contributed by atoms with Crippen LogP contribution in [0.1, 0.15) is 16.1 Å². The van der Waals surface area contributed by atoms with E-state index in [1.54, 1.807) is 50.5 Å². The molecule has 2 aromatic carbocycles. The average Bonchev–Trinajstić information content (AvgIpc) is 3.35. The predicted molar refractivity (Wildman–Crippen MR) is 140 cm³/mol. The molecule has 0 aliphatic carbocycles. The summed E-state index contributed by atoms with van der Waals surface area (Å²) < 4.78 is 29.8.